The molecule has 4 rings (SSSR count). The molecule has 0 atom stereocenters. The van der Waals surface area contributed by atoms with Gasteiger partial charge in [0.25, 0.3) is 0 Å². The van der Waals surface area contributed by atoms with E-state index in [-0.39, 0.29) is 5.78 Å². The lowest BCUT2D eigenvalue weighted by molar-refractivity contribution is 0.0975. The highest BCUT2D eigenvalue weighted by Gasteiger charge is 2.10. The van der Waals surface area contributed by atoms with Gasteiger partial charge in [0.15, 0.2) is 5.78 Å². The molecule has 144 valence electrons. The molecule has 2 aromatic heterocycles. The number of hydrogen-bond donors (Lipinski definition) is 1. The molecule has 0 aliphatic heterocycles. The molecule has 0 radical (unpaired) electrons. The molecule has 2 heterocycles. The van der Waals surface area contributed by atoms with Crippen LogP contribution in [0.5, 0.6) is 0 Å². The van der Waals surface area contributed by atoms with Crippen molar-refractivity contribution < 1.29 is 4.79 Å². The highest BCUT2D eigenvalue weighted by molar-refractivity contribution is 6.31. The van der Waals surface area contributed by atoms with E-state index >= 15 is 0 Å². The van der Waals surface area contributed by atoms with Crippen molar-refractivity contribution in [3.63, 3.8) is 0 Å². The molecule has 4 aromatic rings. The Kier molecular flexibility index (Phi) is 5.82. The van der Waals surface area contributed by atoms with Gasteiger partial charge in [-0.1, -0.05) is 48.0 Å². The van der Waals surface area contributed by atoms with E-state index < -0.39 is 0 Å². The molecule has 1 N–H and O–H groups in total. The number of Topliss-reactive ketones (excluding diaryl/α,β-unsaturated/α-hetero) is 1. The number of fused-ring (bicyclic) bond motifs is 1. The first-order valence-electron chi connectivity index (χ1n) is 9.53. The van der Waals surface area contributed by atoms with Crippen LogP contribution in [0, 0.1) is 0 Å². The fraction of sp³-hybridized carbons (Fsp3) is 0.125. The number of aromatic nitrogens is 2. The monoisotopic (exact) mass is 401 g/mol. The first kappa shape index (κ1) is 19.1. The van der Waals surface area contributed by atoms with Gasteiger partial charge in [0, 0.05) is 34.9 Å². The lowest BCUT2D eigenvalue weighted by Gasteiger charge is -2.10. The third kappa shape index (κ3) is 4.79. The van der Waals surface area contributed by atoms with E-state index in [2.05, 4.69) is 27.4 Å². The van der Waals surface area contributed by atoms with Gasteiger partial charge in [0.2, 0.25) is 0 Å². The topological polar surface area (TPSA) is 54.9 Å². The van der Waals surface area contributed by atoms with Crippen molar-refractivity contribution >= 4 is 39.7 Å². The lowest BCUT2D eigenvalue weighted by Crippen LogP contribution is -2.04. The molecule has 0 aliphatic carbocycles. The van der Waals surface area contributed by atoms with Crippen LogP contribution in [0.4, 0.5) is 11.5 Å². The Morgan fingerprint density at radius 2 is 1.76 bits per heavy atom. The Morgan fingerprint density at radius 3 is 2.62 bits per heavy atom. The summed E-state index contributed by atoms with van der Waals surface area (Å²) in [6, 6.07) is 21.4. The number of halogens is 1. The van der Waals surface area contributed by atoms with Gasteiger partial charge in [0.1, 0.15) is 11.5 Å². The van der Waals surface area contributed by atoms with Crippen molar-refractivity contribution in [3.05, 3.63) is 95.4 Å². The van der Waals surface area contributed by atoms with Crippen LogP contribution >= 0.6 is 11.6 Å². The second-order valence-corrected chi connectivity index (χ2v) is 7.28. The van der Waals surface area contributed by atoms with E-state index in [1.807, 2.05) is 48.5 Å². The van der Waals surface area contributed by atoms with Crippen LogP contribution in [-0.4, -0.2) is 15.8 Å². The molecular weight excluding hydrogens is 382 g/mol. The number of carbonyl (C=O) groups is 1. The first-order chi connectivity index (χ1) is 14.2. The summed E-state index contributed by atoms with van der Waals surface area (Å²) in [5.41, 5.74) is 2.47. The maximum absolute atomic E-state index is 12.6. The zero-order valence-corrected chi connectivity index (χ0v) is 16.6. The molecule has 0 saturated heterocycles. The summed E-state index contributed by atoms with van der Waals surface area (Å²) in [5, 5.41) is 5.90. The minimum absolute atomic E-state index is 0.0403. The molecule has 4 nitrogen and oxygen atoms in total. The van der Waals surface area contributed by atoms with Gasteiger partial charge >= 0.3 is 0 Å². The Balaban J connectivity index is 1.46. The van der Waals surface area contributed by atoms with E-state index in [0.717, 1.165) is 29.3 Å². The fourth-order valence-electron chi connectivity index (χ4n) is 3.26. The minimum atomic E-state index is 0.0403. The maximum atomic E-state index is 12.6. The predicted molar refractivity (Wildman–Crippen MR) is 118 cm³/mol. The summed E-state index contributed by atoms with van der Waals surface area (Å²) < 4.78 is 0. The van der Waals surface area contributed by atoms with Gasteiger partial charge in [0.05, 0.1) is 0 Å². The number of nitrogens with one attached hydrogen (secondary N) is 1. The first-order valence-corrected chi connectivity index (χ1v) is 9.91. The maximum Gasteiger partial charge on any atom is 0.181 e. The van der Waals surface area contributed by atoms with Crippen molar-refractivity contribution in [1.82, 2.24) is 9.97 Å². The summed E-state index contributed by atoms with van der Waals surface area (Å²) >= 11 is 6.14. The molecule has 0 saturated carbocycles. The number of carbonyl (C=O) groups excluding carboxylic acids is 1. The Bertz CT molecular complexity index is 1150. The van der Waals surface area contributed by atoms with E-state index in [0.29, 0.717) is 23.0 Å². The van der Waals surface area contributed by atoms with Crippen LogP contribution in [0.3, 0.4) is 0 Å². The summed E-state index contributed by atoms with van der Waals surface area (Å²) in [4.78, 5) is 21.3. The fourth-order valence-corrected chi connectivity index (χ4v) is 3.44. The Labute approximate surface area is 174 Å². The molecule has 5 heteroatoms. The molecule has 0 spiro atoms. The normalized spacial score (nSPS) is 10.8. The van der Waals surface area contributed by atoms with E-state index in [9.17, 15) is 4.79 Å². The second kappa shape index (κ2) is 8.84. The number of rotatable bonds is 7. The van der Waals surface area contributed by atoms with Gasteiger partial charge in [-0.25, -0.2) is 4.98 Å². The zero-order chi connectivity index (χ0) is 20.1. The summed E-state index contributed by atoms with van der Waals surface area (Å²) in [5.74, 6) is 0.734. The van der Waals surface area contributed by atoms with Crippen LogP contribution in [0.15, 0.2) is 79.1 Å². The number of benzene rings is 2. The Morgan fingerprint density at radius 1 is 0.931 bits per heavy atom. The number of anilines is 2. The number of pyridine rings is 2. The smallest absolute Gasteiger partial charge is 0.181 e. The van der Waals surface area contributed by atoms with Gasteiger partial charge < -0.3 is 5.32 Å². The summed E-state index contributed by atoms with van der Waals surface area (Å²) in [6.45, 7) is 0. The molecule has 0 fully saturated rings. The molecule has 0 unspecified atom stereocenters. The third-order valence-electron chi connectivity index (χ3n) is 4.75. The average molecular weight is 402 g/mol. The molecule has 0 bridgehead atoms. The highest BCUT2D eigenvalue weighted by atomic mass is 35.5. The quantitative estimate of drug-likeness (QED) is 0.373. The van der Waals surface area contributed by atoms with Crippen LogP contribution in [0.25, 0.3) is 10.8 Å². The molecule has 0 amide bonds. The average Bonchev–Trinajstić information content (AvgIpc) is 2.75. The van der Waals surface area contributed by atoms with Gasteiger partial charge in [-0.15, -0.1) is 0 Å². The zero-order valence-electron chi connectivity index (χ0n) is 15.8. The van der Waals surface area contributed by atoms with Crippen LogP contribution in [-0.2, 0) is 6.42 Å². The Hall–Kier alpha value is -3.24. The number of aryl methyl sites for hydroxylation is 1. The van der Waals surface area contributed by atoms with Gasteiger partial charge in [-0.3, -0.25) is 9.78 Å². The van der Waals surface area contributed by atoms with Gasteiger partial charge in [-0.05, 0) is 54.1 Å². The second-order valence-electron chi connectivity index (χ2n) is 6.84. The largest absolute Gasteiger partial charge is 0.340 e. The molecule has 29 heavy (non-hydrogen) atoms. The van der Waals surface area contributed by atoms with Crippen molar-refractivity contribution in [1.29, 1.82) is 0 Å². The lowest BCUT2D eigenvalue weighted by atomic mass is 10.1. The molecule has 2 aromatic carbocycles. The number of ketones is 1. The molecular formula is C24H20ClN3O. The summed E-state index contributed by atoms with van der Waals surface area (Å²) in [7, 11) is 0. The van der Waals surface area contributed by atoms with E-state index in [4.69, 9.17) is 11.6 Å². The van der Waals surface area contributed by atoms with Crippen LogP contribution in [0.1, 0.15) is 28.9 Å². The number of hydrogen-bond acceptors (Lipinski definition) is 4. The summed E-state index contributed by atoms with van der Waals surface area (Å²) in [6.07, 6.45) is 5.53. The SMILES string of the molecule is O=C(CCCc1ccccc1)c1cc(Nc2nccc3ccc(Cl)cc23)ccn1. The van der Waals surface area contributed by atoms with Crippen molar-refractivity contribution in [3.8, 4) is 0 Å². The highest BCUT2D eigenvalue weighted by Crippen LogP contribution is 2.27. The van der Waals surface area contributed by atoms with Crippen molar-refractivity contribution in [2.24, 2.45) is 0 Å². The van der Waals surface area contributed by atoms with E-state index in [1.165, 1.54) is 5.56 Å². The van der Waals surface area contributed by atoms with Crippen molar-refractivity contribution in [2.75, 3.05) is 5.32 Å². The third-order valence-corrected chi connectivity index (χ3v) is 4.98. The van der Waals surface area contributed by atoms with Crippen LogP contribution in [0.2, 0.25) is 5.02 Å². The molecule has 0 aliphatic rings. The van der Waals surface area contributed by atoms with Gasteiger partial charge in [-0.2, -0.15) is 0 Å². The van der Waals surface area contributed by atoms with Crippen LogP contribution < -0.4 is 5.32 Å². The number of nitrogens with zero attached hydrogens (tertiary/aromatic N) is 2. The predicted octanol–water partition coefficient (Wildman–Crippen LogP) is 6.23. The van der Waals surface area contributed by atoms with Crippen molar-refractivity contribution in [2.45, 2.75) is 19.3 Å². The standard InChI is InChI=1S/C24H20ClN3O/c25-19-10-9-18-11-13-27-24(21(18)15-19)28-20-12-14-26-22(16-20)23(29)8-4-7-17-5-2-1-3-6-17/h1-3,5-6,9-16H,4,7-8H2,(H,26,27,28). The van der Waals surface area contributed by atoms with E-state index in [1.54, 1.807) is 18.5 Å². The minimum Gasteiger partial charge on any atom is -0.340 e.